The van der Waals surface area contributed by atoms with E-state index in [1.807, 2.05) is 19.9 Å². The van der Waals surface area contributed by atoms with Crippen LogP contribution in [-0.2, 0) is 0 Å². The fraction of sp³-hybridized carbons (Fsp3) is 0.444. The fourth-order valence-corrected chi connectivity index (χ4v) is 3.42. The van der Waals surface area contributed by atoms with Crippen molar-refractivity contribution in [2.75, 3.05) is 19.6 Å². The van der Waals surface area contributed by atoms with Crippen LogP contribution in [0.1, 0.15) is 35.9 Å². The van der Waals surface area contributed by atoms with E-state index in [1.165, 1.54) is 25.0 Å². The van der Waals surface area contributed by atoms with Gasteiger partial charge in [-0.25, -0.2) is 4.39 Å². The Balaban J connectivity index is 1.87. The molecule has 1 N–H and O–H groups in total. The number of rotatable bonds is 4. The lowest BCUT2D eigenvalue weighted by Gasteiger charge is -2.19. The van der Waals surface area contributed by atoms with Crippen LogP contribution in [0.25, 0.3) is 5.69 Å². The first-order valence-electron chi connectivity index (χ1n) is 7.91. The van der Waals surface area contributed by atoms with E-state index in [0.717, 1.165) is 35.7 Å². The van der Waals surface area contributed by atoms with Crippen molar-refractivity contribution in [1.82, 2.24) is 9.47 Å². The molecule has 1 aliphatic heterocycles. The predicted molar refractivity (Wildman–Crippen MR) is 85.8 cm³/mol. The Morgan fingerprint density at radius 3 is 2.41 bits per heavy atom. The van der Waals surface area contributed by atoms with Gasteiger partial charge < -0.3 is 14.6 Å². The number of benzene rings is 1. The number of aromatic nitrogens is 1. The second kappa shape index (κ2) is 6.23. The lowest BCUT2D eigenvalue weighted by atomic mass is 10.1. The molecule has 1 unspecified atom stereocenters. The topological polar surface area (TPSA) is 28.4 Å². The number of hydrogen-bond acceptors (Lipinski definition) is 2. The minimum Gasteiger partial charge on any atom is -0.387 e. The van der Waals surface area contributed by atoms with Crippen molar-refractivity contribution in [2.24, 2.45) is 0 Å². The number of aryl methyl sites for hydroxylation is 1. The number of likely N-dealkylation sites (tertiary alicyclic amines) is 1. The summed E-state index contributed by atoms with van der Waals surface area (Å²) in [5.74, 6) is -0.236. The molecular formula is C18H23FN2O. The molecule has 1 aromatic carbocycles. The molecule has 3 rings (SSSR count). The van der Waals surface area contributed by atoms with E-state index in [-0.39, 0.29) is 5.82 Å². The van der Waals surface area contributed by atoms with Gasteiger partial charge in [0.15, 0.2) is 0 Å². The third-order valence-electron chi connectivity index (χ3n) is 4.54. The van der Waals surface area contributed by atoms with Crippen molar-refractivity contribution >= 4 is 0 Å². The highest BCUT2D eigenvalue weighted by Crippen LogP contribution is 2.27. The van der Waals surface area contributed by atoms with Crippen LogP contribution in [0.3, 0.4) is 0 Å². The van der Waals surface area contributed by atoms with Crippen molar-refractivity contribution in [1.29, 1.82) is 0 Å². The second-order valence-electron chi connectivity index (χ2n) is 6.16. The monoisotopic (exact) mass is 302 g/mol. The molecule has 1 saturated heterocycles. The van der Waals surface area contributed by atoms with E-state index in [0.29, 0.717) is 6.54 Å². The van der Waals surface area contributed by atoms with Gasteiger partial charge in [0.1, 0.15) is 5.82 Å². The predicted octanol–water partition coefficient (Wildman–Crippen LogP) is 3.36. The molecule has 4 heteroatoms. The van der Waals surface area contributed by atoms with E-state index in [2.05, 4.69) is 9.47 Å². The Kier molecular flexibility index (Phi) is 4.32. The molecular weight excluding hydrogens is 279 g/mol. The highest BCUT2D eigenvalue weighted by atomic mass is 19.1. The zero-order valence-electron chi connectivity index (χ0n) is 13.2. The van der Waals surface area contributed by atoms with Gasteiger partial charge >= 0.3 is 0 Å². The molecule has 0 saturated carbocycles. The Morgan fingerprint density at radius 1 is 1.14 bits per heavy atom. The van der Waals surface area contributed by atoms with Gasteiger partial charge in [-0.1, -0.05) is 0 Å². The van der Waals surface area contributed by atoms with Crippen LogP contribution in [0.4, 0.5) is 4.39 Å². The summed E-state index contributed by atoms with van der Waals surface area (Å²) in [7, 11) is 0. The van der Waals surface area contributed by atoms with E-state index in [1.54, 1.807) is 12.1 Å². The number of β-amino-alcohol motifs (C(OH)–C–C–N with tert-alkyl or cyclic N) is 1. The minimum absolute atomic E-state index is 0.236. The molecule has 2 heterocycles. The molecule has 22 heavy (non-hydrogen) atoms. The number of halogens is 1. The molecule has 118 valence electrons. The number of aliphatic hydroxyl groups excluding tert-OH is 1. The lowest BCUT2D eigenvalue weighted by Crippen LogP contribution is -2.25. The highest BCUT2D eigenvalue weighted by molar-refractivity contribution is 5.42. The van der Waals surface area contributed by atoms with Crippen molar-refractivity contribution in [3.8, 4) is 5.69 Å². The van der Waals surface area contributed by atoms with Crippen LogP contribution < -0.4 is 0 Å². The minimum atomic E-state index is -0.474. The van der Waals surface area contributed by atoms with Gasteiger partial charge in [0.05, 0.1) is 6.10 Å². The molecule has 2 aromatic rings. The summed E-state index contributed by atoms with van der Waals surface area (Å²) in [5.41, 5.74) is 3.97. The van der Waals surface area contributed by atoms with Crippen LogP contribution in [0.15, 0.2) is 30.3 Å². The third-order valence-corrected chi connectivity index (χ3v) is 4.54. The summed E-state index contributed by atoms with van der Waals surface area (Å²) in [6.07, 6.45) is 1.97. The first-order chi connectivity index (χ1) is 10.6. The smallest absolute Gasteiger partial charge is 0.123 e. The van der Waals surface area contributed by atoms with Crippen molar-refractivity contribution in [3.05, 3.63) is 53.1 Å². The Labute approximate surface area is 131 Å². The zero-order valence-corrected chi connectivity index (χ0v) is 13.2. The van der Waals surface area contributed by atoms with E-state index >= 15 is 0 Å². The average Bonchev–Trinajstić information content (AvgIpc) is 3.09. The number of hydrogen-bond donors (Lipinski definition) is 1. The van der Waals surface area contributed by atoms with Crippen LogP contribution >= 0.6 is 0 Å². The molecule has 0 radical (unpaired) electrons. The summed E-state index contributed by atoms with van der Waals surface area (Å²) < 4.78 is 15.2. The fourth-order valence-electron chi connectivity index (χ4n) is 3.42. The summed E-state index contributed by atoms with van der Waals surface area (Å²) >= 11 is 0. The van der Waals surface area contributed by atoms with Crippen molar-refractivity contribution in [3.63, 3.8) is 0 Å². The molecule has 1 atom stereocenters. The standard InChI is InChI=1S/C18H23FN2O/c1-13-11-17(18(22)12-20-9-3-4-10-20)14(2)21(13)16-7-5-15(19)6-8-16/h5-8,11,18,22H,3-4,9-10,12H2,1-2H3. The van der Waals surface area contributed by atoms with Gasteiger partial charge in [-0.15, -0.1) is 0 Å². The number of aliphatic hydroxyl groups is 1. The Hall–Kier alpha value is -1.65. The average molecular weight is 302 g/mol. The molecule has 0 bridgehead atoms. The lowest BCUT2D eigenvalue weighted by molar-refractivity contribution is 0.125. The molecule has 0 amide bonds. The SMILES string of the molecule is Cc1cc(C(O)CN2CCCC2)c(C)n1-c1ccc(F)cc1. The molecule has 1 fully saturated rings. The van der Waals surface area contributed by atoms with E-state index in [4.69, 9.17) is 0 Å². The van der Waals surface area contributed by atoms with Crippen LogP contribution in [0, 0.1) is 19.7 Å². The maximum absolute atomic E-state index is 13.1. The zero-order chi connectivity index (χ0) is 15.7. The highest BCUT2D eigenvalue weighted by Gasteiger charge is 2.21. The van der Waals surface area contributed by atoms with Crippen molar-refractivity contribution in [2.45, 2.75) is 32.8 Å². The van der Waals surface area contributed by atoms with E-state index in [9.17, 15) is 9.50 Å². The van der Waals surface area contributed by atoms with Gasteiger partial charge in [0.25, 0.3) is 0 Å². The molecule has 0 spiro atoms. The second-order valence-corrected chi connectivity index (χ2v) is 6.16. The molecule has 0 aliphatic carbocycles. The summed E-state index contributed by atoms with van der Waals surface area (Å²) in [4.78, 5) is 2.31. The van der Waals surface area contributed by atoms with Crippen LogP contribution in [-0.4, -0.2) is 34.2 Å². The summed E-state index contributed by atoms with van der Waals surface area (Å²) in [5, 5.41) is 10.6. The normalized spacial score (nSPS) is 17.1. The first-order valence-corrected chi connectivity index (χ1v) is 7.91. The van der Waals surface area contributed by atoms with Crippen LogP contribution in [0.5, 0.6) is 0 Å². The summed E-state index contributed by atoms with van der Waals surface area (Å²) in [6, 6.07) is 8.51. The van der Waals surface area contributed by atoms with E-state index < -0.39 is 6.10 Å². The molecule has 1 aliphatic rings. The largest absolute Gasteiger partial charge is 0.387 e. The van der Waals surface area contributed by atoms with Gasteiger partial charge in [0.2, 0.25) is 0 Å². The van der Waals surface area contributed by atoms with Gasteiger partial charge in [-0.05, 0) is 70.1 Å². The molecule has 1 aromatic heterocycles. The van der Waals surface area contributed by atoms with Gasteiger partial charge in [0, 0.05) is 29.2 Å². The Bertz CT molecular complexity index is 642. The maximum atomic E-state index is 13.1. The Morgan fingerprint density at radius 2 is 1.77 bits per heavy atom. The molecule has 3 nitrogen and oxygen atoms in total. The van der Waals surface area contributed by atoms with Gasteiger partial charge in [-0.3, -0.25) is 0 Å². The maximum Gasteiger partial charge on any atom is 0.123 e. The first kappa shape index (κ1) is 15.3. The number of nitrogens with zero attached hydrogens (tertiary/aromatic N) is 2. The quantitative estimate of drug-likeness (QED) is 0.938. The van der Waals surface area contributed by atoms with Crippen LogP contribution in [0.2, 0.25) is 0 Å². The third kappa shape index (κ3) is 2.94. The van der Waals surface area contributed by atoms with Crippen molar-refractivity contribution < 1.29 is 9.50 Å². The van der Waals surface area contributed by atoms with Gasteiger partial charge in [-0.2, -0.15) is 0 Å². The summed E-state index contributed by atoms with van der Waals surface area (Å²) in [6.45, 7) is 6.87.